The number of nitrogens with one attached hydrogen (secondary N) is 1. The highest BCUT2D eigenvalue weighted by atomic mass is 35.5. The quantitative estimate of drug-likeness (QED) is 0.882. The Morgan fingerprint density at radius 1 is 1.33 bits per heavy atom. The van der Waals surface area contributed by atoms with Crippen LogP contribution in [0.3, 0.4) is 0 Å². The first-order valence-corrected chi connectivity index (χ1v) is 6.84. The number of nitrogens with zero attached hydrogens (tertiary/aromatic N) is 1. The number of ether oxygens (including phenoxy) is 2. The van der Waals surface area contributed by atoms with Gasteiger partial charge in [-0.3, -0.25) is 0 Å². The van der Waals surface area contributed by atoms with E-state index in [4.69, 9.17) is 16.3 Å². The summed E-state index contributed by atoms with van der Waals surface area (Å²) in [6, 6.07) is 4.20. The topological polar surface area (TPSA) is 43.4 Å². The molecule has 0 radical (unpaired) electrons. The fraction of sp³-hybridized carbons (Fsp3) is 0.250. The fourth-order valence-corrected chi connectivity index (χ4v) is 2.46. The molecule has 0 unspecified atom stereocenters. The standard InChI is InChI=1S/C12H10ClF3N2O2S/c1-19-9-3-2-7(4-10(9)20-12(14,15)16)17-5-8-6-18-11(13)21-8/h2-4,6,17H,5H2,1H3. The van der Waals surface area contributed by atoms with E-state index in [0.29, 0.717) is 16.7 Å². The van der Waals surface area contributed by atoms with Crippen LogP contribution in [0.1, 0.15) is 4.88 Å². The molecular weight excluding hydrogens is 329 g/mol. The van der Waals surface area contributed by atoms with Gasteiger partial charge in [0.05, 0.1) is 13.7 Å². The van der Waals surface area contributed by atoms with Crippen LogP contribution in [0.5, 0.6) is 11.5 Å². The first-order chi connectivity index (χ1) is 9.87. The lowest BCUT2D eigenvalue weighted by molar-refractivity contribution is -0.275. The number of aromatic nitrogens is 1. The summed E-state index contributed by atoms with van der Waals surface area (Å²) in [6.45, 7) is 0.391. The highest BCUT2D eigenvalue weighted by molar-refractivity contribution is 7.15. The summed E-state index contributed by atoms with van der Waals surface area (Å²) in [6.07, 6.45) is -3.19. The van der Waals surface area contributed by atoms with Crippen LogP contribution in [0, 0.1) is 0 Å². The molecule has 1 aromatic carbocycles. The van der Waals surface area contributed by atoms with Crippen molar-refractivity contribution in [1.29, 1.82) is 0 Å². The number of thiazole rings is 1. The molecule has 114 valence electrons. The third-order valence-electron chi connectivity index (χ3n) is 2.38. The summed E-state index contributed by atoms with van der Waals surface area (Å²) in [5.74, 6) is -0.406. The van der Waals surface area contributed by atoms with Crippen molar-refractivity contribution in [2.75, 3.05) is 12.4 Å². The molecule has 4 nitrogen and oxygen atoms in total. The Bertz CT molecular complexity index is 619. The summed E-state index contributed by atoms with van der Waals surface area (Å²) < 4.78 is 46.1. The lowest BCUT2D eigenvalue weighted by atomic mass is 10.2. The average molecular weight is 339 g/mol. The van der Waals surface area contributed by atoms with Gasteiger partial charge < -0.3 is 14.8 Å². The Balaban J connectivity index is 2.11. The van der Waals surface area contributed by atoms with Crippen molar-refractivity contribution >= 4 is 28.6 Å². The van der Waals surface area contributed by atoms with Crippen molar-refractivity contribution in [3.63, 3.8) is 0 Å². The molecule has 0 aliphatic carbocycles. The highest BCUT2D eigenvalue weighted by Crippen LogP contribution is 2.34. The molecule has 0 bridgehead atoms. The van der Waals surface area contributed by atoms with Crippen molar-refractivity contribution in [2.45, 2.75) is 12.9 Å². The van der Waals surface area contributed by atoms with E-state index >= 15 is 0 Å². The molecule has 0 spiro atoms. The van der Waals surface area contributed by atoms with Gasteiger partial charge in [-0.1, -0.05) is 11.6 Å². The molecule has 0 aliphatic heterocycles. The summed E-state index contributed by atoms with van der Waals surface area (Å²) >= 11 is 6.98. The second-order valence-electron chi connectivity index (χ2n) is 3.85. The lowest BCUT2D eigenvalue weighted by Crippen LogP contribution is -2.17. The Morgan fingerprint density at radius 2 is 2.10 bits per heavy atom. The van der Waals surface area contributed by atoms with Crippen LogP contribution in [-0.2, 0) is 6.54 Å². The number of hydrogen-bond acceptors (Lipinski definition) is 5. The second-order valence-corrected chi connectivity index (χ2v) is 5.54. The van der Waals surface area contributed by atoms with Gasteiger partial charge in [0, 0.05) is 22.8 Å². The zero-order chi connectivity index (χ0) is 15.5. The monoisotopic (exact) mass is 338 g/mol. The maximum atomic E-state index is 12.3. The van der Waals surface area contributed by atoms with Gasteiger partial charge in [0.2, 0.25) is 0 Å². The molecule has 1 heterocycles. The van der Waals surface area contributed by atoms with E-state index in [1.54, 1.807) is 12.3 Å². The Labute approximate surface area is 127 Å². The summed E-state index contributed by atoms with van der Waals surface area (Å²) in [5.41, 5.74) is 0.458. The Morgan fingerprint density at radius 3 is 2.67 bits per heavy atom. The second kappa shape index (κ2) is 6.40. The van der Waals surface area contributed by atoms with Gasteiger partial charge >= 0.3 is 6.36 Å². The van der Waals surface area contributed by atoms with Crippen molar-refractivity contribution < 1.29 is 22.6 Å². The van der Waals surface area contributed by atoms with Gasteiger partial charge in [-0.15, -0.1) is 24.5 Å². The average Bonchev–Trinajstić information content (AvgIpc) is 2.80. The van der Waals surface area contributed by atoms with E-state index in [1.807, 2.05) is 0 Å². The van der Waals surface area contributed by atoms with Gasteiger partial charge in [0.1, 0.15) is 0 Å². The van der Waals surface area contributed by atoms with E-state index < -0.39 is 12.1 Å². The third-order valence-corrected chi connectivity index (χ3v) is 3.50. The van der Waals surface area contributed by atoms with Crippen molar-refractivity contribution in [2.24, 2.45) is 0 Å². The molecule has 0 saturated carbocycles. The van der Waals surface area contributed by atoms with Gasteiger partial charge in [-0.25, -0.2) is 4.98 Å². The summed E-state index contributed by atoms with van der Waals surface area (Å²) in [4.78, 5) is 4.73. The Kier molecular flexibility index (Phi) is 4.79. The highest BCUT2D eigenvalue weighted by Gasteiger charge is 2.32. The molecule has 2 aromatic rings. The predicted octanol–water partition coefficient (Wildman–Crippen LogP) is 4.32. The molecule has 0 aliphatic rings. The number of alkyl halides is 3. The number of anilines is 1. The van der Waals surface area contributed by atoms with Crippen LogP contribution in [0.4, 0.5) is 18.9 Å². The smallest absolute Gasteiger partial charge is 0.493 e. The molecule has 0 saturated heterocycles. The zero-order valence-corrected chi connectivity index (χ0v) is 12.3. The molecule has 0 atom stereocenters. The molecule has 1 aromatic heterocycles. The maximum absolute atomic E-state index is 12.3. The molecule has 0 fully saturated rings. The van der Waals surface area contributed by atoms with Gasteiger partial charge in [0.25, 0.3) is 0 Å². The Hall–Kier alpha value is -1.67. The van der Waals surface area contributed by atoms with Crippen LogP contribution < -0.4 is 14.8 Å². The predicted molar refractivity (Wildman–Crippen MR) is 74.1 cm³/mol. The minimum atomic E-state index is -4.78. The lowest BCUT2D eigenvalue weighted by Gasteiger charge is -2.14. The van der Waals surface area contributed by atoms with E-state index in [-0.39, 0.29) is 5.75 Å². The van der Waals surface area contributed by atoms with E-state index in [0.717, 1.165) is 4.88 Å². The molecule has 21 heavy (non-hydrogen) atoms. The molecule has 0 amide bonds. The largest absolute Gasteiger partial charge is 0.573 e. The minimum absolute atomic E-state index is 0.00119. The normalized spacial score (nSPS) is 11.3. The number of rotatable bonds is 5. The SMILES string of the molecule is COc1ccc(NCc2cnc(Cl)s2)cc1OC(F)(F)F. The van der Waals surface area contributed by atoms with Crippen molar-refractivity contribution in [3.8, 4) is 11.5 Å². The van der Waals surface area contributed by atoms with Crippen LogP contribution in [-0.4, -0.2) is 18.5 Å². The van der Waals surface area contributed by atoms with Crippen LogP contribution in [0.25, 0.3) is 0 Å². The van der Waals surface area contributed by atoms with Crippen LogP contribution in [0.15, 0.2) is 24.4 Å². The van der Waals surface area contributed by atoms with Gasteiger partial charge in [-0.05, 0) is 12.1 Å². The van der Waals surface area contributed by atoms with Gasteiger partial charge in [-0.2, -0.15) is 0 Å². The molecule has 2 rings (SSSR count). The third kappa shape index (κ3) is 4.68. The van der Waals surface area contributed by atoms with Crippen LogP contribution in [0.2, 0.25) is 4.47 Å². The first kappa shape index (κ1) is 15.7. The summed E-state index contributed by atoms with van der Waals surface area (Å²) in [7, 11) is 1.27. The van der Waals surface area contributed by atoms with Crippen LogP contribution >= 0.6 is 22.9 Å². The summed E-state index contributed by atoms with van der Waals surface area (Å²) in [5, 5.41) is 2.96. The minimum Gasteiger partial charge on any atom is -0.493 e. The van der Waals surface area contributed by atoms with Gasteiger partial charge in [0.15, 0.2) is 16.0 Å². The van der Waals surface area contributed by atoms with Crippen molar-refractivity contribution in [3.05, 3.63) is 33.7 Å². The van der Waals surface area contributed by atoms with E-state index in [2.05, 4.69) is 15.0 Å². The maximum Gasteiger partial charge on any atom is 0.573 e. The zero-order valence-electron chi connectivity index (χ0n) is 10.7. The fourth-order valence-electron chi connectivity index (χ4n) is 1.55. The number of hydrogen-bond donors (Lipinski definition) is 1. The number of methoxy groups -OCH3 is 1. The van der Waals surface area contributed by atoms with Crippen molar-refractivity contribution in [1.82, 2.24) is 4.98 Å². The molecule has 9 heteroatoms. The molecular formula is C12H10ClF3N2O2S. The van der Waals surface area contributed by atoms with E-state index in [9.17, 15) is 13.2 Å². The first-order valence-electron chi connectivity index (χ1n) is 5.65. The number of halogens is 4. The van der Waals surface area contributed by atoms with E-state index in [1.165, 1.54) is 30.6 Å². The number of benzene rings is 1. The molecule has 1 N–H and O–H groups in total.